The molecule has 15 heteroatoms. The summed E-state index contributed by atoms with van der Waals surface area (Å²) >= 11 is 0. The van der Waals surface area contributed by atoms with E-state index in [1.165, 1.54) is 11.8 Å². The van der Waals surface area contributed by atoms with E-state index in [2.05, 4.69) is 19.9 Å². The van der Waals surface area contributed by atoms with Crippen LogP contribution in [0.15, 0.2) is 12.1 Å². The van der Waals surface area contributed by atoms with Gasteiger partial charge in [-0.3, -0.25) is 19.2 Å². The van der Waals surface area contributed by atoms with Gasteiger partial charge in [0.25, 0.3) is 11.8 Å². The zero-order chi connectivity index (χ0) is 29.7. The monoisotopic (exact) mass is 599 g/mol. The molecule has 3 aliphatic heterocycles. The fourth-order valence-electron chi connectivity index (χ4n) is 5.68. The molecule has 0 bridgehead atoms. The zero-order valence-electron chi connectivity index (χ0n) is 22.3. The molecule has 0 atom stereocenters. The number of alkyl halides is 3. The number of ether oxygens (including phenoxy) is 1. The summed E-state index contributed by atoms with van der Waals surface area (Å²) in [5.74, 6) is -2.54. The smallest absolute Gasteiger partial charge is 0.379 e. The molecule has 0 spiro atoms. The number of benzene rings is 1. The third-order valence-corrected chi connectivity index (χ3v) is 8.08. The molecule has 10 nitrogen and oxygen atoms in total. The van der Waals surface area contributed by atoms with Gasteiger partial charge in [-0.25, -0.2) is 12.8 Å². The Morgan fingerprint density at radius 2 is 1.80 bits per heavy atom. The van der Waals surface area contributed by atoms with Gasteiger partial charge in [-0.15, -0.1) is 0 Å². The number of nitrogens with zero attached hydrogens (tertiary/aromatic N) is 2. The maximum atomic E-state index is 14.5. The number of rotatable bonds is 5. The molecule has 4 heterocycles. The van der Waals surface area contributed by atoms with Gasteiger partial charge in [0.05, 0.1) is 53.2 Å². The fourth-order valence-corrected chi connectivity index (χ4v) is 6.24. The topological polar surface area (TPSA) is 124 Å². The van der Waals surface area contributed by atoms with E-state index in [-0.39, 0.29) is 34.2 Å². The molecule has 2 amide bonds. The normalized spacial score (nSPS) is 19.9. The molecule has 0 unspecified atom stereocenters. The Balaban J connectivity index is 1.48. The molecule has 3 N–H and O–H groups in total. The Hall–Kier alpha value is -3.43. The number of sulfonamides is 1. The first kappa shape index (κ1) is 29.1. The van der Waals surface area contributed by atoms with Crippen LogP contribution in [0.2, 0.25) is 0 Å². The molecule has 2 saturated heterocycles. The van der Waals surface area contributed by atoms with Crippen molar-refractivity contribution in [1.82, 2.24) is 14.8 Å². The second kappa shape index (κ2) is 10.8. The highest BCUT2D eigenvalue weighted by molar-refractivity contribution is 7.92. The van der Waals surface area contributed by atoms with Crippen molar-refractivity contribution >= 4 is 44.9 Å². The number of aromatic amines is 1. The van der Waals surface area contributed by atoms with E-state index in [4.69, 9.17) is 4.74 Å². The Bertz CT molecular complexity index is 1520. The summed E-state index contributed by atoms with van der Waals surface area (Å²) in [5, 5.41) is 2.39. The number of aryl methyl sites for hydroxylation is 1. The first-order chi connectivity index (χ1) is 19.2. The van der Waals surface area contributed by atoms with E-state index < -0.39 is 50.7 Å². The summed E-state index contributed by atoms with van der Waals surface area (Å²) in [7, 11) is -3.86. The number of morpholine rings is 1. The molecule has 41 heavy (non-hydrogen) atoms. The van der Waals surface area contributed by atoms with Crippen molar-refractivity contribution in [2.75, 3.05) is 55.7 Å². The van der Waals surface area contributed by atoms with Crippen LogP contribution in [0.25, 0.3) is 11.6 Å². The number of fused-ring (bicyclic) bond motifs is 1. The van der Waals surface area contributed by atoms with Gasteiger partial charge in [0, 0.05) is 49.5 Å². The lowest BCUT2D eigenvalue weighted by molar-refractivity contribution is -0.138. The third kappa shape index (κ3) is 5.97. The average molecular weight is 600 g/mol. The molecule has 3 aliphatic rings. The SMILES string of the molecule is Cc1[nH]c(/C=C2\C(=O)Nc3c(NS(C)(=O)=O)cc(F)cc32)c(C(F)(F)F)c1C(=O)N1CCC(N2CCOCC2)CC1. The standard InChI is InChI=1S/C26H29F4N5O5S/c1-14-21(25(37)35-5-3-16(4-6-35)34-7-9-40-10-8-34)22(26(28,29)30)19(31-14)13-18-17-11-15(27)12-20(33-41(2,38)39)23(17)32-24(18)36/h11-13,16,31,33H,3-10H2,1-2H3,(H,32,36)/b18-13-. The van der Waals surface area contributed by atoms with Gasteiger partial charge in [0.1, 0.15) is 5.82 Å². The summed E-state index contributed by atoms with van der Waals surface area (Å²) in [4.78, 5) is 32.5. The predicted molar refractivity (Wildman–Crippen MR) is 143 cm³/mol. The minimum atomic E-state index is -4.96. The van der Waals surface area contributed by atoms with Crippen LogP contribution in [-0.4, -0.2) is 86.7 Å². The molecule has 0 saturated carbocycles. The molecule has 1 aromatic heterocycles. The minimum Gasteiger partial charge on any atom is -0.379 e. The number of carbonyl (C=O) groups is 2. The Labute approximate surface area is 233 Å². The van der Waals surface area contributed by atoms with Crippen LogP contribution in [0.4, 0.5) is 28.9 Å². The number of hydrogen-bond acceptors (Lipinski definition) is 6. The summed E-state index contributed by atoms with van der Waals surface area (Å²) in [6, 6.07) is 1.99. The Morgan fingerprint density at radius 1 is 1.15 bits per heavy atom. The third-order valence-electron chi connectivity index (χ3n) is 7.49. The lowest BCUT2D eigenvalue weighted by Crippen LogP contribution is -2.50. The van der Waals surface area contributed by atoms with Gasteiger partial charge >= 0.3 is 6.18 Å². The van der Waals surface area contributed by atoms with Crippen molar-refractivity contribution in [3.8, 4) is 0 Å². The van der Waals surface area contributed by atoms with Crippen molar-refractivity contribution in [3.05, 3.63) is 46.0 Å². The van der Waals surface area contributed by atoms with E-state index in [0.29, 0.717) is 39.1 Å². The van der Waals surface area contributed by atoms with Crippen molar-refractivity contribution in [2.45, 2.75) is 32.0 Å². The number of aromatic nitrogens is 1. The van der Waals surface area contributed by atoms with Crippen molar-refractivity contribution in [2.24, 2.45) is 0 Å². The first-order valence-electron chi connectivity index (χ1n) is 13.0. The first-order valence-corrected chi connectivity index (χ1v) is 14.9. The van der Waals surface area contributed by atoms with Gasteiger partial charge in [-0.2, -0.15) is 13.2 Å². The summed E-state index contributed by atoms with van der Waals surface area (Å²) in [5.41, 5.74) is -3.14. The summed E-state index contributed by atoms with van der Waals surface area (Å²) in [6.07, 6.45) is -1.97. The Morgan fingerprint density at radius 3 is 2.41 bits per heavy atom. The number of piperidine rings is 1. The molecular formula is C26H29F4N5O5S. The molecule has 2 fully saturated rings. The summed E-state index contributed by atoms with van der Waals surface area (Å²) in [6.45, 7) is 4.74. The van der Waals surface area contributed by atoms with Crippen molar-refractivity contribution in [1.29, 1.82) is 0 Å². The lowest BCUT2D eigenvalue weighted by atomic mass is 9.99. The number of anilines is 2. The van der Waals surface area contributed by atoms with Crippen LogP contribution in [-0.2, 0) is 25.7 Å². The number of amides is 2. The lowest BCUT2D eigenvalue weighted by Gasteiger charge is -2.40. The number of likely N-dealkylation sites (tertiary alicyclic amines) is 1. The minimum absolute atomic E-state index is 0.0261. The number of H-pyrrole nitrogens is 1. The predicted octanol–water partition coefficient (Wildman–Crippen LogP) is 3.28. The van der Waals surface area contributed by atoms with Crippen molar-refractivity contribution < 1.29 is 40.3 Å². The highest BCUT2D eigenvalue weighted by Crippen LogP contribution is 2.43. The highest BCUT2D eigenvalue weighted by atomic mass is 32.2. The number of hydrogen-bond donors (Lipinski definition) is 3. The molecule has 222 valence electrons. The number of halogens is 4. The molecule has 2 aromatic rings. The maximum Gasteiger partial charge on any atom is 0.419 e. The largest absolute Gasteiger partial charge is 0.419 e. The fraction of sp³-hybridized carbons (Fsp3) is 0.462. The van der Waals surface area contributed by atoms with Gasteiger partial charge < -0.3 is 19.9 Å². The van der Waals surface area contributed by atoms with E-state index >= 15 is 0 Å². The van der Waals surface area contributed by atoms with Gasteiger partial charge in [-0.1, -0.05) is 0 Å². The zero-order valence-corrected chi connectivity index (χ0v) is 23.1. The van der Waals surface area contributed by atoms with Crippen LogP contribution >= 0.6 is 0 Å². The van der Waals surface area contributed by atoms with Crippen LogP contribution in [0.3, 0.4) is 0 Å². The second-order valence-corrected chi connectivity index (χ2v) is 12.1. The van der Waals surface area contributed by atoms with Gasteiger partial charge in [-0.05, 0) is 31.9 Å². The van der Waals surface area contributed by atoms with Crippen molar-refractivity contribution in [3.63, 3.8) is 0 Å². The molecule has 5 rings (SSSR count). The molecule has 0 aliphatic carbocycles. The maximum absolute atomic E-state index is 14.5. The van der Waals surface area contributed by atoms with E-state index in [9.17, 15) is 35.6 Å². The van der Waals surface area contributed by atoms with Crippen LogP contribution in [0, 0.1) is 12.7 Å². The average Bonchev–Trinajstić information content (AvgIpc) is 3.39. The number of carbonyl (C=O) groups excluding carboxylic acids is 2. The van der Waals surface area contributed by atoms with E-state index in [0.717, 1.165) is 37.6 Å². The quantitative estimate of drug-likeness (QED) is 0.358. The molecule has 0 radical (unpaired) electrons. The van der Waals surface area contributed by atoms with Crippen LogP contribution < -0.4 is 10.0 Å². The van der Waals surface area contributed by atoms with Gasteiger partial charge in [0.2, 0.25) is 10.0 Å². The van der Waals surface area contributed by atoms with E-state index in [1.54, 1.807) is 0 Å². The highest BCUT2D eigenvalue weighted by Gasteiger charge is 2.42. The second-order valence-electron chi connectivity index (χ2n) is 10.3. The van der Waals surface area contributed by atoms with Crippen LogP contribution in [0.5, 0.6) is 0 Å². The number of nitrogens with one attached hydrogen (secondary N) is 3. The summed E-state index contributed by atoms with van der Waals surface area (Å²) < 4.78 is 88.7. The van der Waals surface area contributed by atoms with Crippen LogP contribution in [0.1, 0.15) is 45.7 Å². The Kier molecular flexibility index (Phi) is 7.63. The molecular weight excluding hydrogens is 570 g/mol. The van der Waals surface area contributed by atoms with E-state index in [1.807, 2.05) is 0 Å². The molecule has 1 aromatic carbocycles. The van der Waals surface area contributed by atoms with Gasteiger partial charge in [0.15, 0.2) is 0 Å².